The molecular formula is C16H15F3N2O3S. The standard InChI is InChI=1S/C16H15F3N2O3S/c1-11-5-7-14(8-6-11)25(23,24)20-10-15(22)21-13-4-2-3-12(9-13)16(17,18)19/h2-9,20H,10H2,1H3,(H,21,22). The first-order valence-corrected chi connectivity index (χ1v) is 8.60. The highest BCUT2D eigenvalue weighted by atomic mass is 32.2. The largest absolute Gasteiger partial charge is 0.416 e. The number of halogens is 3. The number of amides is 1. The summed E-state index contributed by atoms with van der Waals surface area (Å²) in [6, 6.07) is 10.1. The Morgan fingerprint density at radius 1 is 1.08 bits per heavy atom. The van der Waals surface area contributed by atoms with E-state index in [2.05, 4.69) is 10.0 Å². The summed E-state index contributed by atoms with van der Waals surface area (Å²) in [4.78, 5) is 11.8. The highest BCUT2D eigenvalue weighted by molar-refractivity contribution is 7.89. The van der Waals surface area contributed by atoms with E-state index in [-0.39, 0.29) is 10.6 Å². The molecule has 0 heterocycles. The van der Waals surface area contributed by atoms with Gasteiger partial charge in [0.1, 0.15) is 0 Å². The zero-order chi connectivity index (χ0) is 18.7. The van der Waals surface area contributed by atoms with Crippen molar-refractivity contribution in [1.82, 2.24) is 4.72 Å². The Balaban J connectivity index is 2.00. The molecule has 134 valence electrons. The molecule has 0 aliphatic carbocycles. The number of rotatable bonds is 5. The maximum atomic E-state index is 12.6. The molecule has 0 atom stereocenters. The highest BCUT2D eigenvalue weighted by Gasteiger charge is 2.30. The fourth-order valence-corrected chi connectivity index (χ4v) is 2.92. The fraction of sp³-hybridized carbons (Fsp3) is 0.188. The van der Waals surface area contributed by atoms with Gasteiger partial charge in [-0.15, -0.1) is 0 Å². The SMILES string of the molecule is Cc1ccc(S(=O)(=O)NCC(=O)Nc2cccc(C(F)(F)F)c2)cc1. The van der Waals surface area contributed by atoms with Gasteiger partial charge in [0.25, 0.3) is 0 Å². The zero-order valence-electron chi connectivity index (χ0n) is 13.1. The van der Waals surface area contributed by atoms with Gasteiger partial charge >= 0.3 is 6.18 Å². The number of benzene rings is 2. The molecule has 0 saturated carbocycles. The summed E-state index contributed by atoms with van der Waals surface area (Å²) in [7, 11) is -3.89. The van der Waals surface area contributed by atoms with Gasteiger partial charge in [0, 0.05) is 5.69 Å². The van der Waals surface area contributed by atoms with Crippen LogP contribution in [0.3, 0.4) is 0 Å². The van der Waals surface area contributed by atoms with Gasteiger partial charge < -0.3 is 5.32 Å². The molecule has 0 aliphatic heterocycles. The molecule has 0 fully saturated rings. The van der Waals surface area contributed by atoms with E-state index in [0.717, 1.165) is 23.8 Å². The van der Waals surface area contributed by atoms with E-state index in [1.807, 2.05) is 0 Å². The Kier molecular flexibility index (Phi) is 5.48. The lowest BCUT2D eigenvalue weighted by molar-refractivity contribution is -0.137. The van der Waals surface area contributed by atoms with Crippen LogP contribution in [-0.4, -0.2) is 20.9 Å². The number of anilines is 1. The topological polar surface area (TPSA) is 75.3 Å². The summed E-state index contributed by atoms with van der Waals surface area (Å²) in [6.07, 6.45) is -4.53. The lowest BCUT2D eigenvalue weighted by Crippen LogP contribution is -2.32. The third-order valence-electron chi connectivity index (χ3n) is 3.23. The van der Waals surface area contributed by atoms with Crippen LogP contribution in [0.4, 0.5) is 18.9 Å². The summed E-state index contributed by atoms with van der Waals surface area (Å²) in [6.45, 7) is 1.19. The molecule has 0 aliphatic rings. The second-order valence-corrected chi connectivity index (χ2v) is 7.03. The lowest BCUT2D eigenvalue weighted by atomic mass is 10.2. The van der Waals surface area contributed by atoms with Crippen LogP contribution in [0.2, 0.25) is 0 Å². The number of sulfonamides is 1. The second-order valence-electron chi connectivity index (χ2n) is 5.26. The van der Waals surface area contributed by atoms with Gasteiger partial charge in [-0.2, -0.15) is 13.2 Å². The van der Waals surface area contributed by atoms with Gasteiger partial charge in [0.05, 0.1) is 17.0 Å². The number of hydrogen-bond donors (Lipinski definition) is 2. The molecule has 0 spiro atoms. The summed E-state index contributed by atoms with van der Waals surface area (Å²) < 4.78 is 64.1. The summed E-state index contributed by atoms with van der Waals surface area (Å²) >= 11 is 0. The van der Waals surface area contributed by atoms with Gasteiger partial charge in [-0.1, -0.05) is 23.8 Å². The predicted molar refractivity (Wildman–Crippen MR) is 86.4 cm³/mol. The maximum Gasteiger partial charge on any atom is 0.416 e. The normalized spacial score (nSPS) is 12.0. The predicted octanol–water partition coefficient (Wildman–Crippen LogP) is 2.93. The molecule has 2 rings (SSSR count). The van der Waals surface area contributed by atoms with Crippen molar-refractivity contribution < 1.29 is 26.4 Å². The molecule has 1 amide bonds. The van der Waals surface area contributed by atoms with Crippen molar-refractivity contribution >= 4 is 21.6 Å². The van der Waals surface area contributed by atoms with Crippen molar-refractivity contribution in [1.29, 1.82) is 0 Å². The van der Waals surface area contributed by atoms with Gasteiger partial charge in [0.2, 0.25) is 15.9 Å². The molecule has 25 heavy (non-hydrogen) atoms. The van der Waals surface area contributed by atoms with E-state index in [1.165, 1.54) is 18.2 Å². The van der Waals surface area contributed by atoms with E-state index in [1.54, 1.807) is 19.1 Å². The lowest BCUT2D eigenvalue weighted by Gasteiger charge is -2.10. The molecular weight excluding hydrogens is 357 g/mol. The first kappa shape index (κ1) is 18.9. The molecule has 9 heteroatoms. The average Bonchev–Trinajstić information content (AvgIpc) is 2.53. The first-order chi connectivity index (χ1) is 11.6. The summed E-state index contributed by atoms with van der Waals surface area (Å²) in [5, 5.41) is 2.22. The molecule has 0 radical (unpaired) electrons. The van der Waals surface area contributed by atoms with Crippen LogP contribution < -0.4 is 10.0 Å². The molecule has 2 aromatic rings. The van der Waals surface area contributed by atoms with Crippen molar-refractivity contribution in [3.05, 3.63) is 59.7 Å². The van der Waals surface area contributed by atoms with Gasteiger partial charge in [0.15, 0.2) is 0 Å². The second kappa shape index (κ2) is 7.24. The van der Waals surface area contributed by atoms with Crippen LogP contribution >= 0.6 is 0 Å². The Morgan fingerprint density at radius 2 is 1.72 bits per heavy atom. The van der Waals surface area contributed by atoms with Crippen LogP contribution in [0.15, 0.2) is 53.4 Å². The van der Waals surface area contributed by atoms with Gasteiger partial charge in [-0.25, -0.2) is 13.1 Å². The molecule has 0 saturated heterocycles. The Morgan fingerprint density at radius 3 is 2.32 bits per heavy atom. The fourth-order valence-electron chi connectivity index (χ4n) is 1.94. The zero-order valence-corrected chi connectivity index (χ0v) is 13.9. The molecule has 2 aromatic carbocycles. The minimum atomic E-state index is -4.53. The van der Waals surface area contributed by atoms with E-state index >= 15 is 0 Å². The van der Waals surface area contributed by atoms with E-state index < -0.39 is 34.2 Å². The monoisotopic (exact) mass is 372 g/mol. The average molecular weight is 372 g/mol. The number of carbonyl (C=O) groups excluding carboxylic acids is 1. The third kappa shape index (κ3) is 5.30. The van der Waals surface area contributed by atoms with E-state index in [0.29, 0.717) is 0 Å². The van der Waals surface area contributed by atoms with Crippen molar-refractivity contribution in [2.45, 2.75) is 18.0 Å². The van der Waals surface area contributed by atoms with Crippen molar-refractivity contribution in [3.8, 4) is 0 Å². The quantitative estimate of drug-likeness (QED) is 0.847. The number of hydrogen-bond acceptors (Lipinski definition) is 3. The van der Waals surface area contributed by atoms with Gasteiger partial charge in [-0.05, 0) is 37.3 Å². The molecule has 0 unspecified atom stereocenters. The van der Waals surface area contributed by atoms with Crippen molar-refractivity contribution in [2.75, 3.05) is 11.9 Å². The number of aryl methyl sites for hydroxylation is 1. The Bertz CT molecular complexity index is 863. The Hall–Kier alpha value is -2.39. The van der Waals surface area contributed by atoms with Crippen LogP contribution in [0.1, 0.15) is 11.1 Å². The first-order valence-electron chi connectivity index (χ1n) is 7.11. The van der Waals surface area contributed by atoms with Crippen LogP contribution in [-0.2, 0) is 21.0 Å². The summed E-state index contributed by atoms with van der Waals surface area (Å²) in [5.74, 6) is -0.782. The Labute approximate surface area is 142 Å². The van der Waals surface area contributed by atoms with E-state index in [9.17, 15) is 26.4 Å². The minimum absolute atomic E-state index is 0.00929. The van der Waals surface area contributed by atoms with Crippen molar-refractivity contribution in [3.63, 3.8) is 0 Å². The smallest absolute Gasteiger partial charge is 0.325 e. The molecule has 0 bridgehead atoms. The van der Waals surface area contributed by atoms with Crippen LogP contribution in [0.25, 0.3) is 0 Å². The van der Waals surface area contributed by atoms with Crippen LogP contribution in [0.5, 0.6) is 0 Å². The number of nitrogens with one attached hydrogen (secondary N) is 2. The third-order valence-corrected chi connectivity index (χ3v) is 4.64. The molecule has 2 N–H and O–H groups in total. The maximum absolute atomic E-state index is 12.6. The molecule has 5 nitrogen and oxygen atoms in total. The highest BCUT2D eigenvalue weighted by Crippen LogP contribution is 2.30. The number of carbonyl (C=O) groups is 1. The minimum Gasteiger partial charge on any atom is -0.325 e. The molecule has 0 aromatic heterocycles. The number of alkyl halides is 3. The van der Waals surface area contributed by atoms with Crippen molar-refractivity contribution in [2.24, 2.45) is 0 Å². The summed E-state index contributed by atoms with van der Waals surface area (Å²) in [5.41, 5.74) is -0.110. The van der Waals surface area contributed by atoms with Crippen LogP contribution in [0, 0.1) is 6.92 Å². The van der Waals surface area contributed by atoms with Gasteiger partial charge in [-0.3, -0.25) is 4.79 Å². The van der Waals surface area contributed by atoms with E-state index in [4.69, 9.17) is 0 Å².